The Morgan fingerprint density at radius 3 is 2.68 bits per heavy atom. The zero-order valence-electron chi connectivity index (χ0n) is 13.4. The molecule has 1 aromatic rings. The first kappa shape index (κ1) is 15.3. The molecule has 1 aromatic carbocycles. The third kappa shape index (κ3) is 4.01. The third-order valence-corrected chi connectivity index (χ3v) is 5.05. The molecule has 22 heavy (non-hydrogen) atoms. The van der Waals surface area contributed by atoms with Crippen LogP contribution >= 0.6 is 0 Å². The highest BCUT2D eigenvalue weighted by molar-refractivity contribution is 5.76. The van der Waals surface area contributed by atoms with Gasteiger partial charge in [-0.3, -0.25) is 9.69 Å². The first-order chi connectivity index (χ1) is 10.6. The van der Waals surface area contributed by atoms with Crippen molar-refractivity contribution < 1.29 is 4.79 Å². The first-order valence-corrected chi connectivity index (χ1v) is 8.49. The number of hydrogen-bond acceptors (Lipinski definition) is 3. The number of benzene rings is 1. The van der Waals surface area contributed by atoms with Crippen LogP contribution in [0.5, 0.6) is 0 Å². The van der Waals surface area contributed by atoms with E-state index in [2.05, 4.69) is 41.4 Å². The van der Waals surface area contributed by atoms with E-state index in [0.717, 1.165) is 38.4 Å². The van der Waals surface area contributed by atoms with Crippen LogP contribution in [0.15, 0.2) is 24.3 Å². The van der Waals surface area contributed by atoms with Gasteiger partial charge in [-0.15, -0.1) is 0 Å². The van der Waals surface area contributed by atoms with Gasteiger partial charge < -0.3 is 11.1 Å². The lowest BCUT2D eigenvalue weighted by Gasteiger charge is -2.30. The lowest BCUT2D eigenvalue weighted by atomic mass is 9.96. The molecule has 4 nitrogen and oxygen atoms in total. The minimum atomic E-state index is -0.139. The van der Waals surface area contributed by atoms with Crippen molar-refractivity contribution in [3.05, 3.63) is 29.8 Å². The van der Waals surface area contributed by atoms with Gasteiger partial charge in [-0.25, -0.2) is 0 Å². The summed E-state index contributed by atoms with van der Waals surface area (Å²) in [6.45, 7) is 5.16. The second-order valence-corrected chi connectivity index (χ2v) is 6.92. The van der Waals surface area contributed by atoms with Crippen molar-refractivity contribution in [2.75, 3.05) is 18.4 Å². The summed E-state index contributed by atoms with van der Waals surface area (Å²) in [6, 6.07) is 9.31. The number of rotatable bonds is 6. The first-order valence-electron chi connectivity index (χ1n) is 8.49. The van der Waals surface area contributed by atoms with E-state index >= 15 is 0 Å². The number of hydrogen-bond donors (Lipinski definition) is 2. The SMILES string of the molecule is CC(Nc1cccc(CN2CCC(C(N)=O)CC2)c1)C1CC1. The Morgan fingerprint density at radius 1 is 1.32 bits per heavy atom. The zero-order chi connectivity index (χ0) is 15.5. The summed E-state index contributed by atoms with van der Waals surface area (Å²) < 4.78 is 0. The van der Waals surface area contributed by atoms with Crippen molar-refractivity contribution in [2.24, 2.45) is 17.6 Å². The van der Waals surface area contributed by atoms with Crippen molar-refractivity contribution in [3.8, 4) is 0 Å². The Balaban J connectivity index is 1.53. The van der Waals surface area contributed by atoms with Crippen LogP contribution in [-0.4, -0.2) is 29.9 Å². The van der Waals surface area contributed by atoms with Gasteiger partial charge in [0.05, 0.1) is 0 Å². The predicted molar refractivity (Wildman–Crippen MR) is 89.4 cm³/mol. The standard InChI is InChI=1S/C18H27N3O/c1-13(15-5-6-15)20-17-4-2-3-14(11-17)12-21-9-7-16(8-10-21)18(19)22/h2-4,11,13,15-16,20H,5-10,12H2,1H3,(H2,19,22). The van der Waals surface area contributed by atoms with Crippen LogP contribution in [0.3, 0.4) is 0 Å². The molecule has 1 heterocycles. The van der Waals surface area contributed by atoms with Crippen LogP contribution in [0.1, 0.15) is 38.2 Å². The van der Waals surface area contributed by atoms with Crippen LogP contribution in [0, 0.1) is 11.8 Å². The molecule has 0 bridgehead atoms. The van der Waals surface area contributed by atoms with Gasteiger partial charge in [-0.2, -0.15) is 0 Å². The Labute approximate surface area is 133 Å². The molecule has 1 saturated heterocycles. The number of carbonyl (C=O) groups excluding carboxylic acids is 1. The summed E-state index contributed by atoms with van der Waals surface area (Å²) in [6.07, 6.45) is 4.52. The molecule has 0 aromatic heterocycles. The molecule has 1 saturated carbocycles. The Bertz CT molecular complexity index is 519. The quantitative estimate of drug-likeness (QED) is 0.849. The molecule has 3 N–H and O–H groups in total. The number of nitrogens with one attached hydrogen (secondary N) is 1. The van der Waals surface area contributed by atoms with Crippen molar-refractivity contribution >= 4 is 11.6 Å². The normalized spacial score (nSPS) is 21.5. The number of primary amides is 1. The minimum Gasteiger partial charge on any atom is -0.382 e. The molecule has 1 aliphatic heterocycles. The van der Waals surface area contributed by atoms with Gasteiger partial charge in [0.25, 0.3) is 0 Å². The summed E-state index contributed by atoms with van der Waals surface area (Å²) in [5, 5.41) is 3.62. The fourth-order valence-electron chi connectivity index (χ4n) is 3.37. The lowest BCUT2D eigenvalue weighted by Crippen LogP contribution is -2.38. The van der Waals surface area contributed by atoms with Gasteiger partial charge >= 0.3 is 0 Å². The van der Waals surface area contributed by atoms with Crippen LogP contribution in [0.2, 0.25) is 0 Å². The van der Waals surface area contributed by atoms with Crippen LogP contribution in [-0.2, 0) is 11.3 Å². The summed E-state index contributed by atoms with van der Waals surface area (Å²) in [7, 11) is 0. The Hall–Kier alpha value is -1.55. The number of carbonyl (C=O) groups is 1. The van der Waals surface area contributed by atoms with Crippen molar-refractivity contribution in [3.63, 3.8) is 0 Å². The average Bonchev–Trinajstić information content (AvgIpc) is 3.33. The smallest absolute Gasteiger partial charge is 0.220 e. The maximum Gasteiger partial charge on any atom is 0.220 e. The summed E-state index contributed by atoms with van der Waals surface area (Å²) in [5.74, 6) is 0.792. The van der Waals surface area contributed by atoms with Crippen LogP contribution in [0.4, 0.5) is 5.69 Å². The zero-order valence-corrected chi connectivity index (χ0v) is 13.4. The second kappa shape index (κ2) is 6.69. The largest absolute Gasteiger partial charge is 0.382 e. The molecule has 3 rings (SSSR count). The van der Waals surface area contributed by atoms with Gasteiger partial charge in [-0.05, 0) is 69.3 Å². The molecular weight excluding hydrogens is 274 g/mol. The fourth-order valence-corrected chi connectivity index (χ4v) is 3.37. The van der Waals surface area contributed by atoms with E-state index in [1.165, 1.54) is 24.1 Å². The van der Waals surface area contributed by atoms with Gasteiger partial charge in [-0.1, -0.05) is 12.1 Å². The predicted octanol–water partition coefficient (Wildman–Crippen LogP) is 2.59. The number of anilines is 1. The van der Waals surface area contributed by atoms with Crippen LogP contribution in [0.25, 0.3) is 0 Å². The topological polar surface area (TPSA) is 58.4 Å². The molecule has 1 unspecified atom stereocenters. The molecule has 0 spiro atoms. The molecule has 2 aliphatic rings. The second-order valence-electron chi connectivity index (χ2n) is 6.92. The highest BCUT2D eigenvalue weighted by Crippen LogP contribution is 2.34. The summed E-state index contributed by atoms with van der Waals surface area (Å²) in [4.78, 5) is 13.6. The number of nitrogens with zero attached hydrogens (tertiary/aromatic N) is 1. The fraction of sp³-hybridized carbons (Fsp3) is 0.611. The van der Waals surface area contributed by atoms with E-state index in [-0.39, 0.29) is 11.8 Å². The van der Waals surface area contributed by atoms with E-state index in [1.807, 2.05) is 0 Å². The Kier molecular flexibility index (Phi) is 4.67. The number of nitrogens with two attached hydrogens (primary N) is 1. The highest BCUT2D eigenvalue weighted by Gasteiger charge is 2.27. The van der Waals surface area contributed by atoms with Gasteiger partial charge in [0.1, 0.15) is 0 Å². The van der Waals surface area contributed by atoms with E-state index < -0.39 is 0 Å². The van der Waals surface area contributed by atoms with Crippen molar-refractivity contribution in [2.45, 2.75) is 45.2 Å². The van der Waals surface area contributed by atoms with Gasteiger partial charge in [0, 0.05) is 24.2 Å². The van der Waals surface area contributed by atoms with E-state index in [9.17, 15) is 4.79 Å². The van der Waals surface area contributed by atoms with Gasteiger partial charge in [0.2, 0.25) is 5.91 Å². The highest BCUT2D eigenvalue weighted by atomic mass is 16.1. The molecule has 4 heteroatoms. The van der Waals surface area contributed by atoms with Crippen molar-refractivity contribution in [1.29, 1.82) is 0 Å². The third-order valence-electron chi connectivity index (χ3n) is 5.05. The van der Waals surface area contributed by atoms with Gasteiger partial charge in [0.15, 0.2) is 0 Å². The monoisotopic (exact) mass is 301 g/mol. The summed E-state index contributed by atoms with van der Waals surface area (Å²) in [5.41, 5.74) is 7.96. The van der Waals surface area contributed by atoms with E-state index in [4.69, 9.17) is 5.73 Å². The minimum absolute atomic E-state index is 0.0728. The van der Waals surface area contributed by atoms with Crippen molar-refractivity contribution in [1.82, 2.24) is 4.90 Å². The number of likely N-dealkylation sites (tertiary alicyclic amines) is 1. The average molecular weight is 301 g/mol. The molecular formula is C18H27N3O. The maximum atomic E-state index is 11.2. The molecule has 1 amide bonds. The molecule has 120 valence electrons. The number of amides is 1. The Morgan fingerprint density at radius 2 is 2.05 bits per heavy atom. The molecule has 1 atom stereocenters. The van der Waals surface area contributed by atoms with Crippen LogP contribution < -0.4 is 11.1 Å². The maximum absolute atomic E-state index is 11.2. The summed E-state index contributed by atoms with van der Waals surface area (Å²) >= 11 is 0. The molecule has 2 fully saturated rings. The molecule has 0 radical (unpaired) electrons. The van der Waals surface area contributed by atoms with E-state index in [0.29, 0.717) is 6.04 Å². The molecule has 1 aliphatic carbocycles. The number of piperidine rings is 1. The van der Waals surface area contributed by atoms with E-state index in [1.54, 1.807) is 0 Å². The lowest BCUT2D eigenvalue weighted by molar-refractivity contribution is -0.123.